The molecule has 3 rings (SSSR count). The first-order chi connectivity index (χ1) is 12.1. The molecule has 2 heterocycles. The number of hydrogen-bond donors (Lipinski definition) is 1. The molecule has 2 atom stereocenters. The predicted molar refractivity (Wildman–Crippen MR) is 98.0 cm³/mol. The molecule has 1 aromatic carbocycles. The fourth-order valence-electron chi connectivity index (χ4n) is 3.10. The molecule has 0 aliphatic carbocycles. The van der Waals surface area contributed by atoms with E-state index >= 15 is 0 Å². The summed E-state index contributed by atoms with van der Waals surface area (Å²) in [6, 6.07) is 8.32. The molecule has 0 unspecified atom stereocenters. The summed E-state index contributed by atoms with van der Waals surface area (Å²) in [5, 5.41) is 1.26. The minimum Gasteiger partial charge on any atom is -0.466 e. The number of carbonyl (C=O) groups excluding carboxylic acids is 1. The van der Waals surface area contributed by atoms with Gasteiger partial charge in [-0.2, -0.15) is 0 Å². The molecule has 2 aromatic rings. The van der Waals surface area contributed by atoms with Gasteiger partial charge in [0, 0.05) is 35.9 Å². The number of carbonyl (C=O) groups is 1. The number of ether oxygens (including phenoxy) is 2. The minimum atomic E-state index is -0.364. The smallest absolute Gasteiger partial charge is 0.330 e. The lowest BCUT2D eigenvalue weighted by Crippen LogP contribution is -2.39. The van der Waals surface area contributed by atoms with Gasteiger partial charge in [0.2, 0.25) is 0 Å². The molecule has 0 saturated heterocycles. The van der Waals surface area contributed by atoms with Gasteiger partial charge in [-0.1, -0.05) is 18.2 Å². The number of para-hydroxylation sites is 1. The summed E-state index contributed by atoms with van der Waals surface area (Å²) in [6.45, 7) is 4.87. The van der Waals surface area contributed by atoms with Crippen molar-refractivity contribution in [2.24, 2.45) is 0 Å². The second kappa shape index (κ2) is 7.57. The maximum absolute atomic E-state index is 11.3. The Morgan fingerprint density at radius 3 is 2.96 bits per heavy atom. The number of aromatic amines is 1. The molecule has 0 saturated carbocycles. The zero-order valence-corrected chi connectivity index (χ0v) is 14.9. The SMILES string of the molecule is COC(=O)/C=C/C1=CN(CCc2c[nH]c3ccccc23)[C@H](C)O[C@@H]1C. The topological polar surface area (TPSA) is 54.6 Å². The van der Waals surface area contributed by atoms with Crippen LogP contribution < -0.4 is 0 Å². The van der Waals surface area contributed by atoms with Gasteiger partial charge in [0.15, 0.2) is 0 Å². The highest BCUT2D eigenvalue weighted by atomic mass is 16.5. The molecule has 0 bridgehead atoms. The van der Waals surface area contributed by atoms with E-state index in [0.29, 0.717) is 0 Å². The fraction of sp³-hybridized carbons (Fsp3) is 0.350. The molecule has 25 heavy (non-hydrogen) atoms. The van der Waals surface area contributed by atoms with Crippen LogP contribution in [0.3, 0.4) is 0 Å². The lowest BCUT2D eigenvalue weighted by atomic mass is 10.1. The molecule has 0 radical (unpaired) electrons. The number of rotatable bonds is 5. The number of nitrogens with one attached hydrogen (secondary N) is 1. The van der Waals surface area contributed by atoms with Crippen LogP contribution in [-0.4, -0.2) is 41.8 Å². The van der Waals surface area contributed by atoms with E-state index in [1.54, 1.807) is 6.08 Å². The fourth-order valence-corrected chi connectivity index (χ4v) is 3.10. The second-order valence-electron chi connectivity index (χ2n) is 6.21. The molecule has 132 valence electrons. The van der Waals surface area contributed by atoms with Crippen LogP contribution >= 0.6 is 0 Å². The Balaban J connectivity index is 1.72. The zero-order valence-electron chi connectivity index (χ0n) is 14.9. The van der Waals surface area contributed by atoms with Crippen LogP contribution in [0.2, 0.25) is 0 Å². The van der Waals surface area contributed by atoms with Crippen LogP contribution in [0.25, 0.3) is 10.9 Å². The van der Waals surface area contributed by atoms with Crippen molar-refractivity contribution in [1.82, 2.24) is 9.88 Å². The predicted octanol–water partition coefficient (Wildman–Crippen LogP) is 3.39. The zero-order chi connectivity index (χ0) is 17.8. The van der Waals surface area contributed by atoms with Gasteiger partial charge in [0.1, 0.15) is 6.23 Å². The normalized spacial score (nSPS) is 20.9. The van der Waals surface area contributed by atoms with Crippen LogP contribution in [0.5, 0.6) is 0 Å². The van der Waals surface area contributed by atoms with Crippen LogP contribution in [-0.2, 0) is 20.7 Å². The summed E-state index contributed by atoms with van der Waals surface area (Å²) >= 11 is 0. The molecule has 0 amide bonds. The third-order valence-corrected chi connectivity index (χ3v) is 4.58. The maximum Gasteiger partial charge on any atom is 0.330 e. The second-order valence-corrected chi connectivity index (χ2v) is 6.21. The Morgan fingerprint density at radius 1 is 1.36 bits per heavy atom. The van der Waals surface area contributed by atoms with Gasteiger partial charge in [-0.05, 0) is 43.5 Å². The monoisotopic (exact) mass is 340 g/mol. The van der Waals surface area contributed by atoms with Gasteiger partial charge < -0.3 is 19.4 Å². The average Bonchev–Trinajstić information content (AvgIpc) is 3.03. The van der Waals surface area contributed by atoms with E-state index < -0.39 is 0 Å². The molecule has 1 aliphatic heterocycles. The third kappa shape index (κ3) is 3.94. The molecule has 1 aromatic heterocycles. The number of esters is 1. The van der Waals surface area contributed by atoms with Crippen LogP contribution in [0.4, 0.5) is 0 Å². The average molecular weight is 340 g/mol. The Bertz CT molecular complexity index is 806. The van der Waals surface area contributed by atoms with E-state index in [4.69, 9.17) is 4.74 Å². The quantitative estimate of drug-likeness (QED) is 0.670. The summed E-state index contributed by atoms with van der Waals surface area (Å²) in [4.78, 5) is 16.8. The molecule has 1 aliphatic rings. The summed E-state index contributed by atoms with van der Waals surface area (Å²) in [5.74, 6) is -0.364. The number of fused-ring (bicyclic) bond motifs is 1. The van der Waals surface area contributed by atoms with Crippen molar-refractivity contribution in [2.75, 3.05) is 13.7 Å². The van der Waals surface area contributed by atoms with E-state index in [1.807, 2.05) is 19.9 Å². The van der Waals surface area contributed by atoms with Gasteiger partial charge in [-0.3, -0.25) is 0 Å². The maximum atomic E-state index is 11.3. The number of nitrogens with zero attached hydrogens (tertiary/aromatic N) is 1. The van der Waals surface area contributed by atoms with Gasteiger partial charge in [-0.25, -0.2) is 4.79 Å². The standard InChI is InChI=1S/C20H24N2O3/c1-14-17(8-9-20(23)24-3)13-22(15(2)25-14)11-10-16-12-21-19-7-5-4-6-18(16)19/h4-9,12-15,21H,10-11H2,1-3H3/b9-8+/t14-,15+/m1/s1. The van der Waals surface area contributed by atoms with Gasteiger partial charge in [-0.15, -0.1) is 0 Å². The van der Waals surface area contributed by atoms with Crippen molar-refractivity contribution >= 4 is 16.9 Å². The van der Waals surface area contributed by atoms with Crippen molar-refractivity contribution in [2.45, 2.75) is 32.6 Å². The summed E-state index contributed by atoms with van der Waals surface area (Å²) in [5.41, 5.74) is 3.41. The number of hydrogen-bond acceptors (Lipinski definition) is 4. The van der Waals surface area contributed by atoms with Crippen molar-refractivity contribution < 1.29 is 14.3 Å². The minimum absolute atomic E-state index is 0.00418. The number of aromatic nitrogens is 1. The van der Waals surface area contributed by atoms with Crippen LogP contribution in [0.1, 0.15) is 19.4 Å². The first kappa shape index (κ1) is 17.3. The first-order valence-electron chi connectivity index (χ1n) is 8.52. The number of benzene rings is 1. The lowest BCUT2D eigenvalue weighted by molar-refractivity contribution is -0.134. The van der Waals surface area contributed by atoms with Crippen LogP contribution in [0, 0.1) is 0 Å². The Hall–Kier alpha value is -2.53. The summed E-state index contributed by atoms with van der Waals surface area (Å²) in [6.07, 6.45) is 8.20. The van der Waals surface area contributed by atoms with E-state index in [-0.39, 0.29) is 18.3 Å². The van der Waals surface area contributed by atoms with E-state index in [1.165, 1.54) is 24.1 Å². The van der Waals surface area contributed by atoms with Crippen LogP contribution in [0.15, 0.2) is 54.4 Å². The van der Waals surface area contributed by atoms with Crippen molar-refractivity contribution in [3.05, 3.63) is 60.0 Å². The van der Waals surface area contributed by atoms with Gasteiger partial charge in [0.25, 0.3) is 0 Å². The molecule has 5 nitrogen and oxygen atoms in total. The molecular formula is C20H24N2O3. The Morgan fingerprint density at radius 2 is 2.16 bits per heavy atom. The number of H-pyrrole nitrogens is 1. The van der Waals surface area contributed by atoms with E-state index in [9.17, 15) is 4.79 Å². The van der Waals surface area contributed by atoms with Gasteiger partial charge in [0.05, 0.1) is 13.2 Å². The van der Waals surface area contributed by atoms with E-state index in [0.717, 1.165) is 24.1 Å². The largest absolute Gasteiger partial charge is 0.466 e. The van der Waals surface area contributed by atoms with Crippen molar-refractivity contribution in [1.29, 1.82) is 0 Å². The highest BCUT2D eigenvalue weighted by Crippen LogP contribution is 2.23. The van der Waals surface area contributed by atoms with Crippen molar-refractivity contribution in [3.63, 3.8) is 0 Å². The van der Waals surface area contributed by atoms with Gasteiger partial charge >= 0.3 is 5.97 Å². The molecule has 0 spiro atoms. The summed E-state index contributed by atoms with van der Waals surface area (Å²) < 4.78 is 10.6. The lowest BCUT2D eigenvalue weighted by Gasteiger charge is -2.36. The highest BCUT2D eigenvalue weighted by Gasteiger charge is 2.22. The van der Waals surface area contributed by atoms with E-state index in [2.05, 4.69) is 45.2 Å². The summed E-state index contributed by atoms with van der Waals surface area (Å²) in [7, 11) is 1.37. The molecular weight excluding hydrogens is 316 g/mol. The number of methoxy groups -OCH3 is 1. The molecule has 1 N–H and O–H groups in total. The Kier molecular flexibility index (Phi) is 5.24. The third-order valence-electron chi connectivity index (χ3n) is 4.58. The Labute approximate surface area is 147 Å². The highest BCUT2D eigenvalue weighted by molar-refractivity contribution is 5.83. The first-order valence-corrected chi connectivity index (χ1v) is 8.52. The van der Waals surface area contributed by atoms with Crippen molar-refractivity contribution in [3.8, 4) is 0 Å². The molecule has 5 heteroatoms. The molecule has 0 fully saturated rings.